The number of hydrogen-bond donors (Lipinski definition) is 0. The van der Waals surface area contributed by atoms with Crippen molar-refractivity contribution in [1.29, 1.82) is 0 Å². The van der Waals surface area contributed by atoms with Crippen LogP contribution in [-0.4, -0.2) is 9.91 Å². The fraction of sp³-hybridized carbons (Fsp3) is 0.214. The van der Waals surface area contributed by atoms with E-state index in [9.17, 15) is 23.3 Å². The van der Waals surface area contributed by atoms with E-state index >= 15 is 0 Å². The molecule has 4 nitrogen and oxygen atoms in total. The molecule has 0 aliphatic heterocycles. The molecule has 1 aromatic heterocycles. The second-order valence-electron chi connectivity index (χ2n) is 4.50. The molecule has 22 heavy (non-hydrogen) atoms. The predicted molar refractivity (Wildman–Crippen MR) is 76.6 cm³/mol. The van der Waals surface area contributed by atoms with Crippen LogP contribution in [0.1, 0.15) is 23.3 Å². The van der Waals surface area contributed by atoms with Gasteiger partial charge in [0.2, 0.25) is 0 Å². The van der Waals surface area contributed by atoms with Gasteiger partial charge in [0.25, 0.3) is 5.69 Å². The molecule has 0 N–H and O–H groups in total. The van der Waals surface area contributed by atoms with Gasteiger partial charge in [-0.15, -0.1) is 0 Å². The molecule has 1 heterocycles. The molecule has 0 aliphatic rings. The minimum absolute atomic E-state index is 0.0228. The number of alkyl halides is 3. The van der Waals surface area contributed by atoms with Gasteiger partial charge < -0.3 is 0 Å². The Morgan fingerprint density at radius 2 is 2.00 bits per heavy atom. The molecule has 0 amide bonds. The van der Waals surface area contributed by atoms with Crippen LogP contribution in [0.2, 0.25) is 0 Å². The van der Waals surface area contributed by atoms with Crippen molar-refractivity contribution in [2.75, 3.05) is 0 Å². The summed E-state index contributed by atoms with van der Waals surface area (Å²) in [5.74, 6) is 0. The number of halogens is 3. The molecule has 2 aromatic rings. The first-order valence-corrected chi connectivity index (χ1v) is 7.09. The fourth-order valence-corrected chi connectivity index (χ4v) is 2.66. The molecule has 0 spiro atoms. The second-order valence-corrected chi connectivity index (χ2v) is 5.86. The average Bonchev–Trinajstić information content (AvgIpc) is 2.47. The molecule has 0 aliphatic carbocycles. The first-order valence-electron chi connectivity index (χ1n) is 6.21. The van der Waals surface area contributed by atoms with Crippen LogP contribution in [0.4, 0.5) is 18.9 Å². The lowest BCUT2D eigenvalue weighted by atomic mass is 10.1. The van der Waals surface area contributed by atoms with E-state index in [2.05, 4.69) is 4.98 Å². The van der Waals surface area contributed by atoms with E-state index in [1.165, 1.54) is 30.0 Å². The summed E-state index contributed by atoms with van der Waals surface area (Å²) in [4.78, 5) is 14.0. The second kappa shape index (κ2) is 6.35. The van der Waals surface area contributed by atoms with Gasteiger partial charge in [-0.25, -0.2) is 4.98 Å². The molecule has 8 heteroatoms. The Labute approximate surface area is 128 Å². The highest BCUT2D eigenvalue weighted by molar-refractivity contribution is 7.99. The number of nitro benzene ring substituents is 1. The minimum Gasteiger partial charge on any atom is -0.258 e. The van der Waals surface area contributed by atoms with Crippen LogP contribution in [0.15, 0.2) is 47.6 Å². The van der Waals surface area contributed by atoms with E-state index in [4.69, 9.17) is 0 Å². The highest BCUT2D eigenvalue weighted by atomic mass is 32.2. The van der Waals surface area contributed by atoms with Gasteiger partial charge in [-0.05, 0) is 24.6 Å². The Bertz CT molecular complexity index is 675. The lowest BCUT2D eigenvalue weighted by molar-refractivity contribution is -0.384. The number of thioether (sulfide) groups is 1. The van der Waals surface area contributed by atoms with E-state index in [-0.39, 0.29) is 10.9 Å². The summed E-state index contributed by atoms with van der Waals surface area (Å²) in [6.45, 7) is 1.81. The van der Waals surface area contributed by atoms with Crippen molar-refractivity contribution >= 4 is 17.4 Å². The smallest absolute Gasteiger partial charge is 0.258 e. The molecule has 0 saturated carbocycles. The lowest BCUT2D eigenvalue weighted by Gasteiger charge is -2.12. The van der Waals surface area contributed by atoms with Crippen LogP contribution in [-0.2, 0) is 6.18 Å². The number of nitro groups is 1. The van der Waals surface area contributed by atoms with E-state index in [0.29, 0.717) is 10.6 Å². The predicted octanol–water partition coefficient (Wildman–Crippen LogP) is 4.86. The van der Waals surface area contributed by atoms with Gasteiger partial charge in [-0.3, -0.25) is 10.1 Å². The number of non-ortho nitro benzene ring substituents is 1. The van der Waals surface area contributed by atoms with Crippen LogP contribution in [0, 0.1) is 10.1 Å². The molecule has 1 atom stereocenters. The number of nitrogens with zero attached hydrogens (tertiary/aromatic N) is 2. The number of aromatic nitrogens is 1. The monoisotopic (exact) mass is 328 g/mol. The average molecular weight is 328 g/mol. The maximum absolute atomic E-state index is 12.5. The standard InChI is InChI=1S/C14H11F3N2O2S/c1-9(10-3-2-4-12(7-10)19(20)21)22-13-6-5-11(8-18-13)14(15,16)17/h2-9H,1H3. The van der Waals surface area contributed by atoms with Gasteiger partial charge in [0.15, 0.2) is 0 Å². The van der Waals surface area contributed by atoms with Gasteiger partial charge in [-0.1, -0.05) is 23.9 Å². The SMILES string of the molecule is CC(Sc1ccc(C(F)(F)F)cn1)c1cccc([N+](=O)[O-])c1. The highest BCUT2D eigenvalue weighted by Crippen LogP contribution is 2.36. The summed E-state index contributed by atoms with van der Waals surface area (Å²) < 4.78 is 37.4. The Morgan fingerprint density at radius 1 is 1.27 bits per heavy atom. The molecule has 1 unspecified atom stereocenters. The van der Waals surface area contributed by atoms with Crippen molar-refractivity contribution in [2.45, 2.75) is 23.4 Å². The maximum Gasteiger partial charge on any atom is 0.417 e. The summed E-state index contributed by atoms with van der Waals surface area (Å²) in [6.07, 6.45) is -3.63. The van der Waals surface area contributed by atoms with Crippen molar-refractivity contribution < 1.29 is 18.1 Å². The number of benzene rings is 1. The molecule has 0 saturated heterocycles. The number of hydrogen-bond acceptors (Lipinski definition) is 4. The van der Waals surface area contributed by atoms with Crippen molar-refractivity contribution in [3.63, 3.8) is 0 Å². The quantitative estimate of drug-likeness (QED) is 0.457. The largest absolute Gasteiger partial charge is 0.417 e. The Balaban J connectivity index is 2.13. The summed E-state index contributed by atoms with van der Waals surface area (Å²) in [6, 6.07) is 8.40. The maximum atomic E-state index is 12.5. The summed E-state index contributed by atoms with van der Waals surface area (Å²) >= 11 is 1.24. The van der Waals surface area contributed by atoms with E-state index in [1.54, 1.807) is 12.1 Å². The third-order valence-corrected chi connectivity index (χ3v) is 4.02. The Hall–Kier alpha value is -2.09. The zero-order valence-electron chi connectivity index (χ0n) is 11.4. The fourth-order valence-electron chi connectivity index (χ4n) is 1.76. The van der Waals surface area contributed by atoms with Crippen LogP contribution in [0.3, 0.4) is 0 Å². The van der Waals surface area contributed by atoms with Gasteiger partial charge in [0.1, 0.15) is 0 Å². The highest BCUT2D eigenvalue weighted by Gasteiger charge is 2.30. The van der Waals surface area contributed by atoms with Crippen LogP contribution in [0.25, 0.3) is 0 Å². The van der Waals surface area contributed by atoms with Crippen molar-refractivity contribution in [3.8, 4) is 0 Å². The molecule has 0 radical (unpaired) electrons. The first kappa shape index (κ1) is 16.3. The number of pyridine rings is 1. The molecular formula is C14H11F3N2O2S. The summed E-state index contributed by atoms with van der Waals surface area (Å²) in [7, 11) is 0. The van der Waals surface area contributed by atoms with Gasteiger partial charge >= 0.3 is 6.18 Å². The minimum atomic E-state index is -4.41. The van der Waals surface area contributed by atoms with Crippen molar-refractivity contribution in [3.05, 3.63) is 63.8 Å². The van der Waals surface area contributed by atoms with E-state index in [1.807, 2.05) is 6.92 Å². The first-order chi connectivity index (χ1) is 10.3. The van der Waals surface area contributed by atoms with E-state index < -0.39 is 16.7 Å². The molecule has 116 valence electrons. The molecule has 2 rings (SSSR count). The molecule has 0 fully saturated rings. The van der Waals surface area contributed by atoms with Crippen LogP contribution in [0.5, 0.6) is 0 Å². The summed E-state index contributed by atoms with van der Waals surface area (Å²) in [5, 5.41) is 11.0. The normalized spacial score (nSPS) is 12.9. The van der Waals surface area contributed by atoms with Crippen molar-refractivity contribution in [2.24, 2.45) is 0 Å². The molecule has 0 bridgehead atoms. The molecular weight excluding hydrogens is 317 g/mol. The zero-order chi connectivity index (χ0) is 16.3. The lowest BCUT2D eigenvalue weighted by Crippen LogP contribution is -2.05. The van der Waals surface area contributed by atoms with E-state index in [0.717, 1.165) is 12.3 Å². The van der Waals surface area contributed by atoms with Gasteiger partial charge in [0.05, 0.1) is 15.5 Å². The van der Waals surface area contributed by atoms with Gasteiger partial charge in [-0.2, -0.15) is 13.2 Å². The third kappa shape index (κ3) is 3.97. The Kier molecular flexibility index (Phi) is 4.70. The summed E-state index contributed by atoms with van der Waals surface area (Å²) in [5.41, 5.74) is -0.119. The molecule has 1 aromatic carbocycles. The van der Waals surface area contributed by atoms with Crippen LogP contribution < -0.4 is 0 Å². The van der Waals surface area contributed by atoms with Crippen molar-refractivity contribution in [1.82, 2.24) is 4.98 Å². The third-order valence-electron chi connectivity index (χ3n) is 2.91. The number of rotatable bonds is 4. The topological polar surface area (TPSA) is 56.0 Å². The van der Waals surface area contributed by atoms with Crippen LogP contribution >= 0.6 is 11.8 Å². The Morgan fingerprint density at radius 3 is 2.55 bits per heavy atom. The van der Waals surface area contributed by atoms with Gasteiger partial charge in [0, 0.05) is 23.6 Å². The zero-order valence-corrected chi connectivity index (χ0v) is 12.2.